The highest BCUT2D eigenvalue weighted by Crippen LogP contribution is 2.14. The number of amides is 2. The molecule has 7 nitrogen and oxygen atoms in total. The molecule has 138 valence electrons. The minimum Gasteiger partial charge on any atom is -0.342 e. The maximum Gasteiger partial charge on any atom is 0.224 e. The number of sulfonamides is 1. The van der Waals surface area contributed by atoms with E-state index >= 15 is 0 Å². The molecule has 0 aromatic heterocycles. The molecule has 8 heteroatoms. The molecular weight excluding hydrogens is 342 g/mol. The van der Waals surface area contributed by atoms with E-state index in [4.69, 9.17) is 0 Å². The Bertz CT molecular complexity index is 712. The van der Waals surface area contributed by atoms with Crippen LogP contribution >= 0.6 is 0 Å². The monoisotopic (exact) mass is 367 g/mol. The molecule has 0 atom stereocenters. The summed E-state index contributed by atoms with van der Waals surface area (Å²) < 4.78 is 25.5. The molecule has 1 heterocycles. The fourth-order valence-corrected chi connectivity index (χ4v) is 3.59. The number of nitrogens with zero attached hydrogens (tertiary/aromatic N) is 3. The Labute approximate surface area is 149 Å². The minimum absolute atomic E-state index is 0.0796. The van der Waals surface area contributed by atoms with Gasteiger partial charge in [0.05, 0.1) is 6.26 Å². The number of carbonyl (C=O) groups excluding carboxylic acids is 2. The number of hydrogen-bond acceptors (Lipinski definition) is 4. The minimum atomic E-state index is -3.41. The summed E-state index contributed by atoms with van der Waals surface area (Å²) in [4.78, 5) is 26.4. The van der Waals surface area contributed by atoms with E-state index in [0.717, 1.165) is 17.5 Å². The molecule has 1 aromatic rings. The van der Waals surface area contributed by atoms with Crippen molar-refractivity contribution in [3.63, 3.8) is 0 Å². The summed E-state index contributed by atoms with van der Waals surface area (Å²) in [6.45, 7) is 4.38. The average Bonchev–Trinajstić information content (AvgIpc) is 2.59. The third-order valence-corrected chi connectivity index (χ3v) is 5.72. The molecule has 0 bridgehead atoms. The normalized spacial score (nSPS) is 15.5. The van der Waals surface area contributed by atoms with Crippen molar-refractivity contribution in [3.05, 3.63) is 35.4 Å². The van der Waals surface area contributed by atoms with Gasteiger partial charge in [-0.2, -0.15) is 4.31 Å². The van der Waals surface area contributed by atoms with Crippen LogP contribution in [0.15, 0.2) is 24.3 Å². The van der Waals surface area contributed by atoms with E-state index in [1.165, 1.54) is 10.6 Å². The molecule has 0 saturated carbocycles. The van der Waals surface area contributed by atoms with E-state index in [-0.39, 0.29) is 25.4 Å². The van der Waals surface area contributed by atoms with Crippen molar-refractivity contribution in [1.82, 2.24) is 14.1 Å². The van der Waals surface area contributed by atoms with E-state index in [0.29, 0.717) is 26.2 Å². The lowest BCUT2D eigenvalue weighted by Gasteiger charge is -2.33. The van der Waals surface area contributed by atoms with E-state index < -0.39 is 10.0 Å². The topological polar surface area (TPSA) is 78.0 Å². The van der Waals surface area contributed by atoms with Gasteiger partial charge >= 0.3 is 0 Å². The summed E-state index contributed by atoms with van der Waals surface area (Å²) in [6, 6.07) is 7.62. The van der Waals surface area contributed by atoms with Gasteiger partial charge in [0, 0.05) is 45.7 Å². The van der Waals surface area contributed by atoms with Crippen molar-refractivity contribution in [1.29, 1.82) is 0 Å². The molecule has 0 radical (unpaired) electrons. The summed E-state index contributed by atoms with van der Waals surface area (Å²) in [5.74, 6) is -0.0796. The number of piperazine rings is 1. The first-order valence-electron chi connectivity index (χ1n) is 8.28. The van der Waals surface area contributed by atoms with E-state index in [1.807, 2.05) is 31.2 Å². The van der Waals surface area contributed by atoms with Crippen molar-refractivity contribution in [3.8, 4) is 0 Å². The van der Waals surface area contributed by atoms with E-state index in [2.05, 4.69) is 0 Å². The Morgan fingerprint density at radius 2 is 1.84 bits per heavy atom. The summed E-state index contributed by atoms with van der Waals surface area (Å²) in [6.07, 6.45) is 2.09. The molecule has 1 saturated heterocycles. The van der Waals surface area contributed by atoms with Gasteiger partial charge in [-0.3, -0.25) is 9.59 Å². The molecule has 0 aliphatic carbocycles. The predicted molar refractivity (Wildman–Crippen MR) is 95.3 cm³/mol. The highest BCUT2D eigenvalue weighted by molar-refractivity contribution is 7.88. The third-order valence-electron chi connectivity index (χ3n) is 4.47. The first-order chi connectivity index (χ1) is 11.8. The molecule has 0 N–H and O–H groups in total. The lowest BCUT2D eigenvalue weighted by atomic mass is 10.1. The molecule has 0 unspecified atom stereocenters. The van der Waals surface area contributed by atoms with Gasteiger partial charge in [-0.1, -0.05) is 24.3 Å². The molecule has 1 fully saturated rings. The Kier molecular flexibility index (Phi) is 6.55. The van der Waals surface area contributed by atoms with Gasteiger partial charge in [0.1, 0.15) is 0 Å². The SMILES string of the molecule is Cc1ccccc1CN(CCC(=O)N1CCN(C=O)CC1)S(C)(=O)=O. The van der Waals surface area contributed by atoms with Crippen LogP contribution in [0.5, 0.6) is 0 Å². The van der Waals surface area contributed by atoms with Gasteiger partial charge in [0.25, 0.3) is 0 Å². The number of hydrogen-bond donors (Lipinski definition) is 0. The van der Waals surface area contributed by atoms with Gasteiger partial charge in [-0.25, -0.2) is 8.42 Å². The highest BCUT2D eigenvalue weighted by atomic mass is 32.2. The fraction of sp³-hybridized carbons (Fsp3) is 0.529. The third kappa shape index (κ3) is 5.54. The smallest absolute Gasteiger partial charge is 0.224 e. The summed E-state index contributed by atoms with van der Waals surface area (Å²) >= 11 is 0. The number of carbonyl (C=O) groups is 2. The Morgan fingerprint density at radius 1 is 1.20 bits per heavy atom. The van der Waals surface area contributed by atoms with Gasteiger partial charge in [-0.15, -0.1) is 0 Å². The van der Waals surface area contributed by atoms with Crippen LogP contribution in [-0.2, 0) is 26.2 Å². The van der Waals surface area contributed by atoms with Crippen molar-refractivity contribution in [2.45, 2.75) is 19.9 Å². The highest BCUT2D eigenvalue weighted by Gasteiger charge is 2.23. The first-order valence-corrected chi connectivity index (χ1v) is 10.1. The summed E-state index contributed by atoms with van der Waals surface area (Å²) in [5, 5.41) is 0. The summed E-state index contributed by atoms with van der Waals surface area (Å²) in [7, 11) is -3.41. The van der Waals surface area contributed by atoms with Crippen LogP contribution in [0.2, 0.25) is 0 Å². The molecule has 2 amide bonds. The second kappa shape index (κ2) is 8.44. The zero-order chi connectivity index (χ0) is 18.4. The lowest BCUT2D eigenvalue weighted by molar-refractivity contribution is -0.135. The fourth-order valence-electron chi connectivity index (χ4n) is 2.79. The number of rotatable bonds is 7. The quantitative estimate of drug-likeness (QED) is 0.656. The maximum absolute atomic E-state index is 12.3. The standard InChI is InChI=1S/C17H25N3O4S/c1-15-5-3-4-6-16(15)13-20(25(2,23)24)8-7-17(22)19-11-9-18(14-21)10-12-19/h3-6,14H,7-13H2,1-2H3. The second-order valence-electron chi connectivity index (χ2n) is 6.30. The molecule has 25 heavy (non-hydrogen) atoms. The molecular formula is C17H25N3O4S. The van der Waals surface area contributed by atoms with Crippen molar-refractivity contribution in [2.24, 2.45) is 0 Å². The Hall–Kier alpha value is -1.93. The van der Waals surface area contributed by atoms with Gasteiger partial charge in [-0.05, 0) is 18.1 Å². The van der Waals surface area contributed by atoms with Crippen molar-refractivity contribution in [2.75, 3.05) is 39.0 Å². The number of benzene rings is 1. The predicted octanol–water partition coefficient (Wildman–Crippen LogP) is 0.447. The van der Waals surface area contributed by atoms with Crippen LogP contribution in [-0.4, -0.2) is 73.8 Å². The van der Waals surface area contributed by atoms with Gasteiger partial charge in [0.15, 0.2) is 0 Å². The lowest BCUT2D eigenvalue weighted by Crippen LogP contribution is -2.48. The van der Waals surface area contributed by atoms with Crippen LogP contribution in [0.25, 0.3) is 0 Å². The molecule has 1 aromatic carbocycles. The molecule has 1 aliphatic heterocycles. The van der Waals surface area contributed by atoms with Crippen LogP contribution < -0.4 is 0 Å². The van der Waals surface area contributed by atoms with Crippen LogP contribution in [0.3, 0.4) is 0 Å². The Morgan fingerprint density at radius 3 is 2.40 bits per heavy atom. The average molecular weight is 367 g/mol. The second-order valence-corrected chi connectivity index (χ2v) is 8.28. The molecule has 1 aliphatic rings. The van der Waals surface area contributed by atoms with Gasteiger partial charge in [0.2, 0.25) is 22.3 Å². The van der Waals surface area contributed by atoms with Crippen molar-refractivity contribution < 1.29 is 18.0 Å². The van der Waals surface area contributed by atoms with Crippen LogP contribution in [0, 0.1) is 6.92 Å². The molecule has 0 spiro atoms. The van der Waals surface area contributed by atoms with Crippen molar-refractivity contribution >= 4 is 22.3 Å². The van der Waals surface area contributed by atoms with E-state index in [1.54, 1.807) is 9.80 Å². The first kappa shape index (κ1) is 19.4. The van der Waals surface area contributed by atoms with Crippen LogP contribution in [0.4, 0.5) is 0 Å². The molecule has 2 rings (SSSR count). The zero-order valence-electron chi connectivity index (χ0n) is 14.7. The maximum atomic E-state index is 12.3. The van der Waals surface area contributed by atoms with Crippen LogP contribution in [0.1, 0.15) is 17.5 Å². The zero-order valence-corrected chi connectivity index (χ0v) is 15.5. The largest absolute Gasteiger partial charge is 0.342 e. The van der Waals surface area contributed by atoms with Gasteiger partial charge < -0.3 is 9.80 Å². The Balaban J connectivity index is 1.95. The summed E-state index contributed by atoms with van der Waals surface area (Å²) in [5.41, 5.74) is 1.95. The number of aryl methyl sites for hydroxylation is 1. The van der Waals surface area contributed by atoms with E-state index in [9.17, 15) is 18.0 Å².